The molecule has 0 fully saturated rings. The van der Waals surface area contributed by atoms with E-state index in [9.17, 15) is 4.79 Å². The quantitative estimate of drug-likeness (QED) is 0.914. The number of hydrogen-bond acceptors (Lipinski definition) is 4. The molecule has 0 bridgehead atoms. The minimum atomic E-state index is -0.911. The summed E-state index contributed by atoms with van der Waals surface area (Å²) in [6.45, 7) is 1.73. The standard InChI is InChI=1S/C14H16N2O3/c1-9-12(8-13(17)18)15-14(19-9)10-4-6-11(7-5-10)16(2)3/h4-7H,8H2,1-3H3,(H,17,18). The van der Waals surface area contributed by atoms with E-state index in [4.69, 9.17) is 9.52 Å². The Kier molecular flexibility index (Phi) is 3.55. The second-order valence-corrected chi connectivity index (χ2v) is 4.53. The van der Waals surface area contributed by atoms with E-state index in [1.165, 1.54) is 0 Å². The first kappa shape index (κ1) is 13.1. The van der Waals surface area contributed by atoms with Gasteiger partial charge in [-0.25, -0.2) is 4.98 Å². The molecule has 0 radical (unpaired) electrons. The highest BCUT2D eigenvalue weighted by atomic mass is 16.4. The van der Waals surface area contributed by atoms with Crippen molar-refractivity contribution in [2.75, 3.05) is 19.0 Å². The Bertz CT molecular complexity index is 585. The Morgan fingerprint density at radius 3 is 2.47 bits per heavy atom. The van der Waals surface area contributed by atoms with Gasteiger partial charge in [0.25, 0.3) is 0 Å². The first-order chi connectivity index (χ1) is 8.97. The Balaban J connectivity index is 2.29. The lowest BCUT2D eigenvalue weighted by Crippen LogP contribution is -2.07. The van der Waals surface area contributed by atoms with Gasteiger partial charge in [-0.2, -0.15) is 0 Å². The number of oxazole rings is 1. The van der Waals surface area contributed by atoms with Crippen molar-refractivity contribution in [2.24, 2.45) is 0 Å². The number of anilines is 1. The number of hydrogen-bond donors (Lipinski definition) is 1. The molecule has 19 heavy (non-hydrogen) atoms. The fourth-order valence-electron chi connectivity index (χ4n) is 1.76. The molecule has 0 atom stereocenters. The topological polar surface area (TPSA) is 66.6 Å². The minimum absolute atomic E-state index is 0.120. The van der Waals surface area contributed by atoms with Crippen molar-refractivity contribution in [1.29, 1.82) is 0 Å². The molecule has 5 nitrogen and oxygen atoms in total. The normalized spacial score (nSPS) is 10.5. The molecule has 100 valence electrons. The zero-order valence-corrected chi connectivity index (χ0v) is 11.2. The number of aromatic nitrogens is 1. The van der Waals surface area contributed by atoms with Crippen LogP contribution in [-0.2, 0) is 11.2 Å². The fourth-order valence-corrected chi connectivity index (χ4v) is 1.76. The van der Waals surface area contributed by atoms with Gasteiger partial charge in [-0.3, -0.25) is 4.79 Å². The van der Waals surface area contributed by atoms with E-state index in [2.05, 4.69) is 4.98 Å². The summed E-state index contributed by atoms with van der Waals surface area (Å²) in [7, 11) is 3.94. The number of carbonyl (C=O) groups is 1. The van der Waals surface area contributed by atoms with Gasteiger partial charge in [0.15, 0.2) is 0 Å². The van der Waals surface area contributed by atoms with Crippen LogP contribution >= 0.6 is 0 Å². The molecule has 0 aliphatic heterocycles. The maximum Gasteiger partial charge on any atom is 0.309 e. The van der Waals surface area contributed by atoms with Crippen LogP contribution in [0.15, 0.2) is 28.7 Å². The average Bonchev–Trinajstić information content (AvgIpc) is 2.70. The molecular weight excluding hydrogens is 244 g/mol. The Labute approximate surface area is 111 Å². The fraction of sp³-hybridized carbons (Fsp3) is 0.286. The molecule has 0 saturated heterocycles. The van der Waals surface area contributed by atoms with E-state index in [1.807, 2.05) is 43.3 Å². The van der Waals surface area contributed by atoms with E-state index in [1.54, 1.807) is 6.92 Å². The Hall–Kier alpha value is -2.30. The highest BCUT2D eigenvalue weighted by Gasteiger charge is 2.14. The molecule has 1 aromatic heterocycles. The first-order valence-corrected chi connectivity index (χ1v) is 5.93. The summed E-state index contributed by atoms with van der Waals surface area (Å²) in [4.78, 5) is 16.9. The number of benzene rings is 1. The zero-order valence-electron chi connectivity index (χ0n) is 11.2. The van der Waals surface area contributed by atoms with Crippen molar-refractivity contribution in [2.45, 2.75) is 13.3 Å². The van der Waals surface area contributed by atoms with Crippen LogP contribution in [0.4, 0.5) is 5.69 Å². The minimum Gasteiger partial charge on any atom is -0.481 e. The predicted molar refractivity (Wildman–Crippen MR) is 72.3 cm³/mol. The number of nitrogens with zero attached hydrogens (tertiary/aromatic N) is 2. The largest absolute Gasteiger partial charge is 0.481 e. The van der Waals surface area contributed by atoms with Crippen LogP contribution in [0.1, 0.15) is 11.5 Å². The Morgan fingerprint density at radius 1 is 1.32 bits per heavy atom. The van der Waals surface area contributed by atoms with E-state index in [0.717, 1.165) is 11.3 Å². The third-order valence-corrected chi connectivity index (χ3v) is 2.84. The van der Waals surface area contributed by atoms with Gasteiger partial charge in [0.05, 0.1) is 12.1 Å². The average molecular weight is 260 g/mol. The van der Waals surface area contributed by atoms with Gasteiger partial charge in [-0.15, -0.1) is 0 Å². The van der Waals surface area contributed by atoms with Crippen molar-refractivity contribution in [3.63, 3.8) is 0 Å². The summed E-state index contributed by atoms with van der Waals surface area (Å²) < 4.78 is 5.51. The molecule has 5 heteroatoms. The van der Waals surface area contributed by atoms with Crippen LogP contribution < -0.4 is 4.90 Å². The number of carboxylic acid groups (broad SMARTS) is 1. The van der Waals surface area contributed by atoms with Gasteiger partial charge in [0.1, 0.15) is 5.76 Å². The van der Waals surface area contributed by atoms with Crippen molar-refractivity contribution in [1.82, 2.24) is 4.98 Å². The van der Waals surface area contributed by atoms with Crippen LogP contribution in [0.5, 0.6) is 0 Å². The van der Waals surface area contributed by atoms with Crippen molar-refractivity contribution in [3.8, 4) is 11.5 Å². The van der Waals surface area contributed by atoms with Crippen molar-refractivity contribution < 1.29 is 14.3 Å². The first-order valence-electron chi connectivity index (χ1n) is 5.93. The molecule has 0 unspecified atom stereocenters. The summed E-state index contributed by atoms with van der Waals surface area (Å²) in [5.41, 5.74) is 2.39. The molecular formula is C14H16N2O3. The lowest BCUT2D eigenvalue weighted by Gasteiger charge is -2.11. The monoisotopic (exact) mass is 260 g/mol. The molecule has 2 aromatic rings. The van der Waals surface area contributed by atoms with Gasteiger partial charge >= 0.3 is 5.97 Å². The molecule has 0 aliphatic rings. The number of rotatable bonds is 4. The third kappa shape index (κ3) is 2.93. The number of aryl methyl sites for hydroxylation is 1. The summed E-state index contributed by atoms with van der Waals surface area (Å²) >= 11 is 0. The van der Waals surface area contributed by atoms with Gasteiger partial charge < -0.3 is 14.4 Å². The molecule has 1 heterocycles. The smallest absolute Gasteiger partial charge is 0.309 e. The molecule has 2 rings (SSSR count). The van der Waals surface area contributed by atoms with Crippen molar-refractivity contribution >= 4 is 11.7 Å². The second kappa shape index (κ2) is 5.14. The van der Waals surface area contributed by atoms with E-state index in [-0.39, 0.29) is 6.42 Å². The molecule has 1 aromatic carbocycles. The van der Waals surface area contributed by atoms with Crippen LogP contribution in [0.3, 0.4) is 0 Å². The van der Waals surface area contributed by atoms with E-state index >= 15 is 0 Å². The number of aliphatic carboxylic acids is 1. The SMILES string of the molecule is Cc1oc(-c2ccc(N(C)C)cc2)nc1CC(=O)O. The molecule has 1 N–H and O–H groups in total. The zero-order chi connectivity index (χ0) is 14.0. The lowest BCUT2D eigenvalue weighted by atomic mass is 10.2. The van der Waals surface area contributed by atoms with Crippen LogP contribution in [-0.4, -0.2) is 30.2 Å². The van der Waals surface area contributed by atoms with Crippen LogP contribution in [0.2, 0.25) is 0 Å². The molecule has 0 aliphatic carbocycles. The Morgan fingerprint density at radius 2 is 1.95 bits per heavy atom. The molecule has 0 spiro atoms. The van der Waals surface area contributed by atoms with E-state index < -0.39 is 5.97 Å². The van der Waals surface area contributed by atoms with Gasteiger partial charge in [0.2, 0.25) is 5.89 Å². The summed E-state index contributed by atoms with van der Waals surface area (Å²) in [6, 6.07) is 7.74. The summed E-state index contributed by atoms with van der Waals surface area (Å²) in [6.07, 6.45) is -0.120. The lowest BCUT2D eigenvalue weighted by molar-refractivity contribution is -0.136. The number of carboxylic acids is 1. The van der Waals surface area contributed by atoms with Gasteiger partial charge in [-0.1, -0.05) is 0 Å². The second-order valence-electron chi connectivity index (χ2n) is 4.53. The van der Waals surface area contributed by atoms with Crippen molar-refractivity contribution in [3.05, 3.63) is 35.7 Å². The molecule has 0 saturated carbocycles. The van der Waals surface area contributed by atoms with Gasteiger partial charge in [-0.05, 0) is 31.2 Å². The molecule has 0 amide bonds. The maximum atomic E-state index is 10.7. The highest BCUT2D eigenvalue weighted by Crippen LogP contribution is 2.24. The predicted octanol–water partition coefficient (Wildman–Crippen LogP) is 2.34. The van der Waals surface area contributed by atoms with Crippen LogP contribution in [0.25, 0.3) is 11.5 Å². The van der Waals surface area contributed by atoms with Crippen LogP contribution in [0, 0.1) is 6.92 Å². The van der Waals surface area contributed by atoms with Gasteiger partial charge in [0, 0.05) is 25.3 Å². The highest BCUT2D eigenvalue weighted by molar-refractivity contribution is 5.70. The van der Waals surface area contributed by atoms with E-state index in [0.29, 0.717) is 17.3 Å². The third-order valence-electron chi connectivity index (χ3n) is 2.84. The maximum absolute atomic E-state index is 10.7. The summed E-state index contributed by atoms with van der Waals surface area (Å²) in [5.74, 6) is 0.0963. The summed E-state index contributed by atoms with van der Waals surface area (Å²) in [5, 5.41) is 8.78.